The van der Waals surface area contributed by atoms with Gasteiger partial charge in [-0.25, -0.2) is 0 Å². The number of piperidine rings is 1. The van der Waals surface area contributed by atoms with E-state index < -0.39 is 0 Å². The number of hydrogen-bond donors (Lipinski definition) is 0. The SMILES string of the molecule is CN1CCC(N(C)C(=O)CCc2ccc(Cl)c(Cl)c2)CC1. The Morgan fingerprint density at radius 1 is 1.29 bits per heavy atom. The number of benzene rings is 1. The van der Waals surface area contributed by atoms with Crippen LogP contribution in [0.1, 0.15) is 24.8 Å². The molecule has 0 N–H and O–H groups in total. The van der Waals surface area contributed by atoms with Gasteiger partial charge in [0.25, 0.3) is 0 Å². The van der Waals surface area contributed by atoms with Gasteiger partial charge in [-0.1, -0.05) is 29.3 Å². The average Bonchev–Trinajstić information content (AvgIpc) is 2.48. The second-order valence-electron chi connectivity index (χ2n) is 5.79. The summed E-state index contributed by atoms with van der Waals surface area (Å²) in [5.74, 6) is 0.204. The summed E-state index contributed by atoms with van der Waals surface area (Å²) in [7, 11) is 4.05. The van der Waals surface area contributed by atoms with Gasteiger partial charge in [0.15, 0.2) is 0 Å². The Morgan fingerprint density at radius 2 is 1.95 bits per heavy atom. The molecule has 1 saturated heterocycles. The Bertz CT molecular complexity index is 499. The topological polar surface area (TPSA) is 23.6 Å². The first kappa shape index (κ1) is 16.6. The summed E-state index contributed by atoms with van der Waals surface area (Å²) in [5.41, 5.74) is 1.05. The minimum Gasteiger partial charge on any atom is -0.343 e. The largest absolute Gasteiger partial charge is 0.343 e. The van der Waals surface area contributed by atoms with Crippen LogP contribution in [0.2, 0.25) is 10.0 Å². The van der Waals surface area contributed by atoms with E-state index in [1.807, 2.05) is 24.1 Å². The number of hydrogen-bond acceptors (Lipinski definition) is 2. The molecule has 1 fully saturated rings. The van der Waals surface area contributed by atoms with Gasteiger partial charge in [0.05, 0.1) is 10.0 Å². The smallest absolute Gasteiger partial charge is 0.222 e. The van der Waals surface area contributed by atoms with E-state index in [2.05, 4.69) is 11.9 Å². The highest BCUT2D eigenvalue weighted by Crippen LogP contribution is 2.23. The Balaban J connectivity index is 1.84. The molecule has 1 aliphatic heterocycles. The first-order chi connectivity index (χ1) is 9.97. The van der Waals surface area contributed by atoms with Crippen LogP contribution < -0.4 is 0 Å². The van der Waals surface area contributed by atoms with Gasteiger partial charge >= 0.3 is 0 Å². The normalized spacial score (nSPS) is 17.0. The molecule has 0 saturated carbocycles. The van der Waals surface area contributed by atoms with Crippen molar-refractivity contribution in [2.75, 3.05) is 27.2 Å². The Kier molecular flexibility index (Phi) is 5.91. The Hall–Kier alpha value is -0.770. The molecule has 0 radical (unpaired) electrons. The summed E-state index contributed by atoms with van der Waals surface area (Å²) >= 11 is 11.9. The molecule has 1 amide bonds. The fourth-order valence-electron chi connectivity index (χ4n) is 2.71. The van der Waals surface area contributed by atoms with Crippen LogP contribution in [0.25, 0.3) is 0 Å². The summed E-state index contributed by atoms with van der Waals surface area (Å²) in [4.78, 5) is 16.5. The van der Waals surface area contributed by atoms with Crippen LogP contribution in [0.4, 0.5) is 0 Å². The molecule has 21 heavy (non-hydrogen) atoms. The lowest BCUT2D eigenvalue weighted by atomic mass is 10.0. The molecule has 1 aromatic rings. The Labute approximate surface area is 136 Å². The number of rotatable bonds is 4. The summed E-state index contributed by atoms with van der Waals surface area (Å²) in [6.07, 6.45) is 3.34. The molecular weight excluding hydrogens is 307 g/mol. The first-order valence-electron chi connectivity index (χ1n) is 7.35. The van der Waals surface area contributed by atoms with Gasteiger partial charge in [0.1, 0.15) is 0 Å². The molecule has 0 aliphatic carbocycles. The molecule has 2 rings (SSSR count). The van der Waals surface area contributed by atoms with Gasteiger partial charge < -0.3 is 9.80 Å². The lowest BCUT2D eigenvalue weighted by Crippen LogP contribution is -2.44. The lowest BCUT2D eigenvalue weighted by molar-refractivity contribution is -0.132. The van der Waals surface area contributed by atoms with E-state index in [0.29, 0.717) is 28.9 Å². The monoisotopic (exact) mass is 328 g/mol. The number of aryl methyl sites for hydroxylation is 1. The molecule has 1 heterocycles. The van der Waals surface area contributed by atoms with E-state index in [-0.39, 0.29) is 5.91 Å². The van der Waals surface area contributed by atoms with Crippen molar-refractivity contribution in [2.24, 2.45) is 0 Å². The summed E-state index contributed by atoms with van der Waals surface area (Å²) < 4.78 is 0. The number of carbonyl (C=O) groups excluding carboxylic acids is 1. The van der Waals surface area contributed by atoms with Crippen molar-refractivity contribution < 1.29 is 4.79 Å². The van der Waals surface area contributed by atoms with E-state index in [9.17, 15) is 4.79 Å². The predicted octanol–water partition coefficient (Wildman–Crippen LogP) is 3.48. The third-order valence-corrected chi connectivity index (χ3v) is 4.98. The van der Waals surface area contributed by atoms with Crippen molar-refractivity contribution in [3.05, 3.63) is 33.8 Å². The molecule has 1 aromatic carbocycles. The van der Waals surface area contributed by atoms with Crippen molar-refractivity contribution in [1.82, 2.24) is 9.80 Å². The van der Waals surface area contributed by atoms with Crippen LogP contribution in [0.5, 0.6) is 0 Å². The Morgan fingerprint density at radius 3 is 2.57 bits per heavy atom. The minimum atomic E-state index is 0.204. The van der Waals surface area contributed by atoms with Crippen LogP contribution in [0.3, 0.4) is 0 Å². The number of carbonyl (C=O) groups is 1. The fraction of sp³-hybridized carbons (Fsp3) is 0.562. The van der Waals surface area contributed by atoms with Crippen LogP contribution >= 0.6 is 23.2 Å². The standard InChI is InChI=1S/C16H22Cl2N2O/c1-19-9-7-13(8-10-19)20(2)16(21)6-4-12-3-5-14(17)15(18)11-12/h3,5,11,13H,4,6-10H2,1-2H3. The summed E-state index contributed by atoms with van der Waals surface area (Å²) in [5, 5.41) is 1.10. The lowest BCUT2D eigenvalue weighted by Gasteiger charge is -2.35. The van der Waals surface area contributed by atoms with Crippen LogP contribution in [0.15, 0.2) is 18.2 Å². The highest BCUT2D eigenvalue weighted by atomic mass is 35.5. The minimum absolute atomic E-state index is 0.204. The van der Waals surface area contributed by atoms with E-state index in [4.69, 9.17) is 23.2 Å². The van der Waals surface area contributed by atoms with Crippen molar-refractivity contribution in [3.63, 3.8) is 0 Å². The molecule has 0 aromatic heterocycles. The number of amides is 1. The van der Waals surface area contributed by atoms with Gasteiger partial charge in [-0.05, 0) is 57.1 Å². The molecule has 0 spiro atoms. The number of likely N-dealkylation sites (tertiary alicyclic amines) is 1. The van der Waals surface area contributed by atoms with E-state index in [1.54, 1.807) is 6.07 Å². The summed E-state index contributed by atoms with van der Waals surface area (Å²) in [6.45, 7) is 2.13. The van der Waals surface area contributed by atoms with Crippen molar-refractivity contribution >= 4 is 29.1 Å². The number of halogens is 2. The summed E-state index contributed by atoms with van der Waals surface area (Å²) in [6, 6.07) is 5.93. The molecule has 0 unspecified atom stereocenters. The third-order valence-electron chi connectivity index (χ3n) is 4.24. The zero-order valence-electron chi connectivity index (χ0n) is 12.6. The van der Waals surface area contributed by atoms with Gasteiger partial charge in [-0.2, -0.15) is 0 Å². The quantitative estimate of drug-likeness (QED) is 0.844. The zero-order chi connectivity index (χ0) is 15.4. The zero-order valence-corrected chi connectivity index (χ0v) is 14.1. The maximum absolute atomic E-state index is 12.3. The molecule has 1 aliphatic rings. The first-order valence-corrected chi connectivity index (χ1v) is 8.11. The van der Waals surface area contributed by atoms with Crippen molar-refractivity contribution in [3.8, 4) is 0 Å². The van der Waals surface area contributed by atoms with Gasteiger partial charge in [0, 0.05) is 19.5 Å². The highest BCUT2D eigenvalue weighted by Gasteiger charge is 2.23. The van der Waals surface area contributed by atoms with Crippen LogP contribution in [-0.2, 0) is 11.2 Å². The second-order valence-corrected chi connectivity index (χ2v) is 6.60. The van der Waals surface area contributed by atoms with Crippen LogP contribution in [0, 0.1) is 0 Å². The maximum Gasteiger partial charge on any atom is 0.222 e. The fourth-order valence-corrected chi connectivity index (χ4v) is 3.03. The molecule has 0 bridgehead atoms. The third kappa shape index (κ3) is 4.60. The maximum atomic E-state index is 12.3. The van der Waals surface area contributed by atoms with E-state index in [0.717, 1.165) is 31.5 Å². The predicted molar refractivity (Wildman–Crippen MR) is 88.1 cm³/mol. The molecule has 3 nitrogen and oxygen atoms in total. The number of nitrogens with zero attached hydrogens (tertiary/aromatic N) is 2. The van der Waals surface area contributed by atoms with Crippen LogP contribution in [-0.4, -0.2) is 48.9 Å². The van der Waals surface area contributed by atoms with Crippen molar-refractivity contribution in [1.29, 1.82) is 0 Å². The van der Waals surface area contributed by atoms with E-state index >= 15 is 0 Å². The van der Waals surface area contributed by atoms with Gasteiger partial charge in [-0.15, -0.1) is 0 Å². The van der Waals surface area contributed by atoms with Gasteiger partial charge in [0.2, 0.25) is 5.91 Å². The molecule has 0 atom stereocenters. The molecular formula is C16H22Cl2N2O. The average molecular weight is 329 g/mol. The second kappa shape index (κ2) is 7.48. The van der Waals surface area contributed by atoms with E-state index in [1.165, 1.54) is 0 Å². The van der Waals surface area contributed by atoms with Crippen molar-refractivity contribution in [2.45, 2.75) is 31.7 Å². The highest BCUT2D eigenvalue weighted by molar-refractivity contribution is 6.42. The molecule has 116 valence electrons. The molecule has 5 heteroatoms. The van der Waals surface area contributed by atoms with Gasteiger partial charge in [-0.3, -0.25) is 4.79 Å².